The number of aliphatic carboxylic acids is 3. The number of rotatable bonds is 34. The van der Waals surface area contributed by atoms with Crippen LogP contribution in [0.15, 0.2) is 121 Å². The highest BCUT2D eigenvalue weighted by Gasteiger charge is 2.07. The Morgan fingerprint density at radius 2 is 0.632 bits per heavy atom. The zero-order chi connectivity index (χ0) is 55.6. The third-order valence-electron chi connectivity index (χ3n) is 11.2. The van der Waals surface area contributed by atoms with Crippen LogP contribution in [0.1, 0.15) is 171 Å². The van der Waals surface area contributed by atoms with Crippen LogP contribution in [0.4, 0.5) is 5.69 Å². The number of nitrogen functional groups attached to an aromatic ring is 1. The van der Waals surface area contributed by atoms with E-state index in [0.29, 0.717) is 76.4 Å². The molecule has 0 atom stereocenters. The van der Waals surface area contributed by atoms with Crippen LogP contribution in [0.3, 0.4) is 0 Å². The number of ketones is 3. The second-order valence-corrected chi connectivity index (χ2v) is 18.0. The van der Waals surface area contributed by atoms with E-state index in [1.807, 2.05) is 121 Å². The van der Waals surface area contributed by atoms with E-state index in [9.17, 15) is 38.4 Å². The maximum atomic E-state index is 11.7. The van der Waals surface area contributed by atoms with Gasteiger partial charge in [0.25, 0.3) is 0 Å². The van der Waals surface area contributed by atoms with Crippen molar-refractivity contribution in [2.24, 2.45) is 0 Å². The van der Waals surface area contributed by atoms with Crippen molar-refractivity contribution in [2.75, 3.05) is 12.8 Å². The molecule has 4 rings (SSSR count). The van der Waals surface area contributed by atoms with E-state index in [-0.39, 0.29) is 66.7 Å². The molecule has 0 aliphatic carbocycles. The molecule has 4 aromatic carbocycles. The summed E-state index contributed by atoms with van der Waals surface area (Å²) >= 11 is 0. The molecule has 0 heterocycles. The van der Waals surface area contributed by atoms with E-state index in [1.165, 1.54) is 7.11 Å². The maximum absolute atomic E-state index is 11.7. The number of methoxy groups -OCH3 is 1. The lowest BCUT2D eigenvalue weighted by Gasteiger charge is -2.02. The molecule has 1 amide bonds. The van der Waals surface area contributed by atoms with Crippen molar-refractivity contribution in [3.05, 3.63) is 138 Å². The van der Waals surface area contributed by atoms with Gasteiger partial charge in [0.1, 0.15) is 17.3 Å². The van der Waals surface area contributed by atoms with Crippen LogP contribution in [-0.4, -0.2) is 74.8 Å². The molecule has 0 aliphatic heterocycles. The Kier molecular flexibility index (Phi) is 48.1. The van der Waals surface area contributed by atoms with Gasteiger partial charge in [-0.1, -0.05) is 161 Å². The van der Waals surface area contributed by atoms with E-state index in [0.717, 1.165) is 106 Å². The van der Waals surface area contributed by atoms with Gasteiger partial charge in [-0.25, -0.2) is 5.48 Å². The molecular weight excluding hydrogens is 1080 g/mol. The van der Waals surface area contributed by atoms with Crippen molar-refractivity contribution in [2.45, 2.75) is 173 Å². The highest BCUT2D eigenvalue weighted by Crippen LogP contribution is 2.12. The van der Waals surface area contributed by atoms with E-state index >= 15 is 0 Å². The van der Waals surface area contributed by atoms with Crippen LogP contribution in [0.25, 0.3) is 0 Å². The largest absolute Gasteiger partial charge is 0.481 e. The molecule has 4 aromatic rings. The summed E-state index contributed by atoms with van der Waals surface area (Å²) in [4.78, 5) is 87.1. The standard InChI is InChI=1S/C16H22O3.C15H21NO3.C15H20O3.C8H14O4.C6H7N.HI/c1-19-16(18)12-8-3-2-7-11-15(17)13-14-9-5-4-6-10-14;17-14(12-13-8-4-3-5-9-13)10-6-1-2-7-11-15(18)16-19;16-14(12-13-8-4-3-5-9-13)10-6-1-2-7-11-15(17)18;9-7(10)5-3-1-2-4-6-8(11)12;7-6-4-2-1-3-5-6;/h4-6,9-10H,2-3,7-8,11-13H2,1H3;3-5,8-9,19H,1-2,6-7,10-12H2,(H,16,18);3-5,8-9H,1-2,6-7,10-12H2,(H,17,18);1-6H2,(H,9,10)(H,11,12);1-5H,7H2;1H. The average molecular weight is 1170 g/mol. The van der Waals surface area contributed by atoms with Crippen LogP contribution in [-0.2, 0) is 62.4 Å². The van der Waals surface area contributed by atoms with Crippen molar-refractivity contribution < 1.29 is 63.6 Å². The third-order valence-corrected chi connectivity index (χ3v) is 11.2. The Balaban J connectivity index is 0. The van der Waals surface area contributed by atoms with Crippen molar-refractivity contribution in [1.29, 1.82) is 0 Å². The number of hydroxylamine groups is 1. The number of carboxylic acids is 3. The number of halogens is 1. The summed E-state index contributed by atoms with van der Waals surface area (Å²) in [5.74, 6) is -1.99. The van der Waals surface area contributed by atoms with E-state index in [2.05, 4.69) is 4.74 Å². The van der Waals surface area contributed by atoms with E-state index < -0.39 is 17.9 Å². The topological polar surface area (TPSA) is 265 Å². The van der Waals surface area contributed by atoms with Gasteiger partial charge in [0.15, 0.2) is 0 Å². The summed E-state index contributed by atoms with van der Waals surface area (Å²) < 4.78 is 4.57. The lowest BCUT2D eigenvalue weighted by molar-refractivity contribution is -0.141. The first-order valence-electron chi connectivity index (χ1n) is 26.3. The highest BCUT2D eigenvalue weighted by molar-refractivity contribution is 14.0. The van der Waals surface area contributed by atoms with Gasteiger partial charge >= 0.3 is 23.9 Å². The number of para-hydroxylation sites is 1. The summed E-state index contributed by atoms with van der Waals surface area (Å²) in [7, 11) is 1.41. The van der Waals surface area contributed by atoms with Crippen LogP contribution in [0, 0.1) is 0 Å². The second-order valence-electron chi connectivity index (χ2n) is 18.0. The number of Topliss-reactive ketones (excluding diaryl/α,β-unsaturated/α-hetero) is 3. The molecule has 0 saturated heterocycles. The molecule has 0 saturated carbocycles. The molecule has 0 spiro atoms. The minimum absolute atomic E-state index is 0. The van der Waals surface area contributed by atoms with Crippen LogP contribution in [0.5, 0.6) is 0 Å². The smallest absolute Gasteiger partial charge is 0.305 e. The van der Waals surface area contributed by atoms with Gasteiger partial charge in [-0.05, 0) is 80.2 Å². The van der Waals surface area contributed by atoms with Gasteiger partial charge in [-0.15, -0.1) is 24.0 Å². The Bertz CT molecular complexity index is 2030. The predicted molar refractivity (Wildman–Crippen MR) is 307 cm³/mol. The Hall–Kier alpha value is -6.27. The monoisotopic (exact) mass is 1170 g/mol. The minimum Gasteiger partial charge on any atom is -0.481 e. The molecule has 76 heavy (non-hydrogen) atoms. The first-order valence-corrected chi connectivity index (χ1v) is 26.3. The summed E-state index contributed by atoms with van der Waals surface area (Å²) in [6.45, 7) is 0. The normalized spacial score (nSPS) is 9.82. The number of carbonyl (C=O) groups is 8. The minimum atomic E-state index is -0.784. The average Bonchev–Trinajstić information content (AvgIpc) is 3.39. The molecule has 15 nitrogen and oxygen atoms in total. The van der Waals surface area contributed by atoms with Gasteiger partial charge < -0.3 is 25.8 Å². The molecule has 0 aliphatic rings. The molecule has 0 fully saturated rings. The van der Waals surface area contributed by atoms with Crippen LogP contribution in [0.2, 0.25) is 0 Å². The molecule has 16 heteroatoms. The fourth-order valence-electron chi connectivity index (χ4n) is 7.11. The zero-order valence-corrected chi connectivity index (χ0v) is 46.9. The van der Waals surface area contributed by atoms with Gasteiger partial charge in [-0.3, -0.25) is 43.6 Å². The highest BCUT2D eigenvalue weighted by atomic mass is 127. The first kappa shape index (κ1) is 71.8. The quantitative estimate of drug-likeness (QED) is 0.00635. The van der Waals surface area contributed by atoms with Crippen LogP contribution >= 0.6 is 24.0 Å². The second kappa shape index (κ2) is 50.9. The zero-order valence-electron chi connectivity index (χ0n) is 44.6. The number of unbranched alkanes of at least 4 members (excludes halogenated alkanes) is 12. The number of amides is 1. The Morgan fingerprint density at radius 1 is 0.382 bits per heavy atom. The number of carboxylic acid groups (broad SMARTS) is 3. The van der Waals surface area contributed by atoms with Crippen molar-refractivity contribution in [3.8, 4) is 0 Å². The predicted octanol–water partition coefficient (Wildman–Crippen LogP) is 12.6. The lowest BCUT2D eigenvalue weighted by atomic mass is 10.0. The van der Waals surface area contributed by atoms with Gasteiger partial charge in [-0.2, -0.15) is 0 Å². The van der Waals surface area contributed by atoms with E-state index in [1.54, 1.807) is 5.48 Å². The number of nitrogens with one attached hydrogen (secondary N) is 1. The number of hydrogen-bond acceptors (Lipinski definition) is 11. The lowest BCUT2D eigenvalue weighted by Crippen LogP contribution is -2.17. The van der Waals surface area contributed by atoms with Gasteiger partial charge in [0.05, 0.1) is 7.11 Å². The molecule has 7 N–H and O–H groups in total. The van der Waals surface area contributed by atoms with Crippen molar-refractivity contribution in [3.63, 3.8) is 0 Å². The summed E-state index contributed by atoms with van der Waals surface area (Å²) in [5.41, 5.74) is 11.0. The third kappa shape index (κ3) is 49.9. The van der Waals surface area contributed by atoms with Gasteiger partial charge in [0, 0.05) is 76.3 Å². The molecule has 0 bridgehead atoms. The number of hydrogen-bond donors (Lipinski definition) is 6. The fourth-order valence-corrected chi connectivity index (χ4v) is 7.11. The SMILES string of the molecule is COC(=O)CCCCCCC(=O)Cc1ccccc1.I.Nc1ccccc1.O=C(CCCCCCC(=O)NO)Cc1ccccc1.O=C(O)CCCCCCC(=O)Cc1ccccc1.O=C(O)CCCCCCC(=O)O. The summed E-state index contributed by atoms with van der Waals surface area (Å²) in [6, 6.07) is 38.8. The molecule has 0 radical (unpaired) electrons. The fraction of sp³-hybridized carbons (Fsp3) is 0.467. The molecule has 0 aromatic heterocycles. The van der Waals surface area contributed by atoms with E-state index in [4.69, 9.17) is 26.3 Å². The number of benzene rings is 4. The Labute approximate surface area is 467 Å². The number of anilines is 1. The first-order chi connectivity index (χ1) is 36.1. The number of carbonyl (C=O) groups excluding carboxylic acids is 5. The summed E-state index contributed by atoms with van der Waals surface area (Å²) in [5, 5.41) is 33.3. The van der Waals surface area contributed by atoms with Crippen molar-refractivity contribution in [1.82, 2.24) is 5.48 Å². The number of ether oxygens (including phenoxy) is 1. The Morgan fingerprint density at radius 3 is 0.868 bits per heavy atom. The molecule has 420 valence electrons. The maximum Gasteiger partial charge on any atom is 0.305 e. The van der Waals surface area contributed by atoms with Crippen molar-refractivity contribution >= 4 is 76.8 Å². The number of nitrogens with two attached hydrogens (primary N) is 1. The molecule has 0 unspecified atom stereocenters. The molecular formula is C60H85IN2O13. The van der Waals surface area contributed by atoms with Gasteiger partial charge in [0.2, 0.25) is 5.91 Å². The number of esters is 1. The summed E-state index contributed by atoms with van der Waals surface area (Å²) in [6.07, 6.45) is 18.3. The van der Waals surface area contributed by atoms with Crippen LogP contribution < -0.4 is 11.2 Å².